The van der Waals surface area contributed by atoms with Crippen molar-refractivity contribution in [2.45, 2.75) is 0 Å². The maximum Gasteiger partial charge on any atom is 0.328 e. The maximum atomic E-state index is 13.5. The molecule has 0 unspecified atom stereocenters. The van der Waals surface area contributed by atoms with Gasteiger partial charge in [-0.2, -0.15) is 27.0 Å². The van der Waals surface area contributed by atoms with Crippen molar-refractivity contribution in [2.24, 2.45) is 10.2 Å². The van der Waals surface area contributed by atoms with Crippen LogP contribution in [0.25, 0.3) is 24.3 Å². The number of Topliss-reactive ketones (excluding diaryl/α,β-unsaturated/α-hetero) is 2. The number of anilines is 4. The molecule has 22 heteroatoms. The second-order valence-corrected chi connectivity index (χ2v) is 17.2. The van der Waals surface area contributed by atoms with Crippen molar-refractivity contribution in [2.75, 3.05) is 21.5 Å². The maximum absolute atomic E-state index is 13.5. The Morgan fingerprint density at radius 1 is 0.485 bits per heavy atom. The number of carboxylic acid groups (broad SMARTS) is 2. The molecule has 2 aliphatic rings. The third-order valence-corrected chi connectivity index (χ3v) is 11.5. The Morgan fingerprint density at radius 3 is 1.15 bits per heavy atom. The fraction of sp³-hybridized carbons (Fsp3) is 0. The van der Waals surface area contributed by atoms with E-state index in [1.54, 1.807) is 24.3 Å². The summed E-state index contributed by atoms with van der Waals surface area (Å²) < 4.78 is 69.6. The number of hydrazone groups is 2. The number of ketones is 2. The molecule has 0 fully saturated rings. The predicted molar refractivity (Wildman–Crippen MR) is 251 cm³/mol. The second-order valence-electron chi connectivity index (χ2n) is 14.4. The van der Waals surface area contributed by atoms with Crippen LogP contribution in [0.2, 0.25) is 0 Å². The number of nitrogens with zero attached hydrogens (tertiary/aromatic N) is 2. The number of aliphatic carboxylic acids is 2. The molecule has 0 saturated heterocycles. The SMILES string of the molecule is O=C(O)/C=C/c1ccc(N/N=C2\C(=O)c3ccc(NC(=O)c4ccc(C(=O)Nc5ccc6c(c5)C=C(S(=O)(=O)O)/C(=N/Nc5ccc(/C=C/C(=O)O)cc5)C6=O)cc4)cc3C=C2S(=O)(=O)O)cc1. The molecule has 8 N–H and O–H groups in total. The Morgan fingerprint density at radius 2 is 0.824 bits per heavy atom. The van der Waals surface area contributed by atoms with Crippen molar-refractivity contribution in [1.82, 2.24) is 0 Å². The number of rotatable bonds is 14. The van der Waals surface area contributed by atoms with E-state index in [0.29, 0.717) is 22.5 Å². The van der Waals surface area contributed by atoms with E-state index >= 15 is 0 Å². The zero-order chi connectivity index (χ0) is 48.9. The molecule has 7 rings (SSSR count). The summed E-state index contributed by atoms with van der Waals surface area (Å²) in [6, 6.07) is 25.6. The van der Waals surface area contributed by atoms with Crippen LogP contribution >= 0.6 is 0 Å². The molecule has 2 amide bonds. The van der Waals surface area contributed by atoms with Gasteiger partial charge in [0.2, 0.25) is 11.6 Å². The molecule has 342 valence electrons. The van der Waals surface area contributed by atoms with Gasteiger partial charge < -0.3 is 20.8 Å². The van der Waals surface area contributed by atoms with Gasteiger partial charge in [-0.15, -0.1) is 0 Å². The third kappa shape index (κ3) is 11.1. The van der Waals surface area contributed by atoms with Crippen molar-refractivity contribution < 1.29 is 64.9 Å². The highest BCUT2D eigenvalue weighted by molar-refractivity contribution is 7.91. The summed E-state index contributed by atoms with van der Waals surface area (Å²) in [6.45, 7) is 0. The smallest absolute Gasteiger partial charge is 0.328 e. The molecular formula is C46H32N6O14S2. The Balaban J connectivity index is 1.02. The monoisotopic (exact) mass is 956 g/mol. The lowest BCUT2D eigenvalue weighted by Gasteiger charge is -2.17. The van der Waals surface area contributed by atoms with Crippen LogP contribution in [0, 0.1) is 0 Å². The van der Waals surface area contributed by atoms with E-state index in [1.165, 1.54) is 97.1 Å². The van der Waals surface area contributed by atoms with Gasteiger partial charge in [0, 0.05) is 45.8 Å². The van der Waals surface area contributed by atoms with Gasteiger partial charge in [-0.1, -0.05) is 24.3 Å². The Labute approximate surface area is 384 Å². The summed E-state index contributed by atoms with van der Waals surface area (Å²) in [7, 11) is -10.00. The minimum Gasteiger partial charge on any atom is -0.478 e. The molecule has 20 nitrogen and oxygen atoms in total. The number of hydrogen-bond donors (Lipinski definition) is 8. The van der Waals surface area contributed by atoms with Crippen molar-refractivity contribution in [3.05, 3.63) is 176 Å². The summed E-state index contributed by atoms with van der Waals surface area (Å²) in [4.78, 5) is 73.3. The normalized spacial score (nSPS) is 14.8. The minimum atomic E-state index is -5.00. The van der Waals surface area contributed by atoms with E-state index in [9.17, 15) is 54.7 Å². The van der Waals surface area contributed by atoms with E-state index in [1.807, 2.05) is 0 Å². The average Bonchev–Trinajstić information content (AvgIpc) is 3.29. The molecule has 0 aromatic heterocycles. The Bertz CT molecular complexity index is 3170. The topological polar surface area (TPSA) is 324 Å². The highest BCUT2D eigenvalue weighted by Crippen LogP contribution is 2.30. The van der Waals surface area contributed by atoms with Crippen LogP contribution in [-0.4, -0.2) is 82.9 Å². The van der Waals surface area contributed by atoms with Gasteiger partial charge in [-0.3, -0.25) is 39.1 Å². The standard InChI is InChI=1S/C46H32N6O14S2/c53-39(54)19-5-25-1-11-31(12-2-25)49-51-41-37(67(61,62)63)23-29-21-33(15-17-35(29)43(41)57)47-45(59)27-7-9-28(10-8-27)46(60)48-34-16-18-36-30(22-34)24-38(68(64,65)66)42(44(36)58)52-50-32-13-3-26(4-14-32)6-20-40(55)56/h1-24,49-50H,(H,47,59)(H,48,60)(H,53,54)(H,55,56)(H,61,62,63)(H,64,65,66)/b19-5+,20-6+,51-41-,52-42-. The van der Waals surface area contributed by atoms with Gasteiger partial charge in [0.1, 0.15) is 9.81 Å². The third-order valence-electron chi connectivity index (χ3n) is 9.80. The number of carboxylic acids is 2. The zero-order valence-corrected chi connectivity index (χ0v) is 36.1. The molecule has 0 saturated carbocycles. The summed E-state index contributed by atoms with van der Waals surface area (Å²) in [5, 5.41) is 30.7. The molecule has 5 aromatic carbocycles. The number of amides is 2. The van der Waals surface area contributed by atoms with E-state index in [2.05, 4.69) is 31.7 Å². The summed E-state index contributed by atoms with van der Waals surface area (Å²) >= 11 is 0. The number of benzene rings is 5. The average molecular weight is 957 g/mol. The first-order valence-corrected chi connectivity index (χ1v) is 22.3. The van der Waals surface area contributed by atoms with Crippen molar-refractivity contribution in [3.63, 3.8) is 0 Å². The molecule has 2 aliphatic carbocycles. The van der Waals surface area contributed by atoms with Crippen LogP contribution in [0.4, 0.5) is 22.7 Å². The zero-order valence-electron chi connectivity index (χ0n) is 34.4. The lowest BCUT2D eigenvalue weighted by Crippen LogP contribution is -2.27. The number of hydrogen-bond acceptors (Lipinski definition) is 14. The van der Waals surface area contributed by atoms with Gasteiger partial charge in [0.05, 0.1) is 11.4 Å². The lowest BCUT2D eigenvalue weighted by molar-refractivity contribution is -0.132. The predicted octanol–water partition coefficient (Wildman–Crippen LogP) is 6.17. The first kappa shape index (κ1) is 47.0. The van der Waals surface area contributed by atoms with Gasteiger partial charge >= 0.3 is 11.9 Å². The van der Waals surface area contributed by atoms with E-state index in [4.69, 9.17) is 10.2 Å². The van der Waals surface area contributed by atoms with Crippen LogP contribution in [0.5, 0.6) is 0 Å². The van der Waals surface area contributed by atoms with Crippen LogP contribution < -0.4 is 21.5 Å². The Hall–Kier alpha value is -8.96. The highest BCUT2D eigenvalue weighted by Gasteiger charge is 2.34. The number of carbonyl (C=O) groups is 6. The molecule has 0 spiro atoms. The van der Waals surface area contributed by atoms with Crippen LogP contribution in [0.15, 0.2) is 141 Å². The molecule has 0 heterocycles. The second kappa shape index (κ2) is 19.3. The molecule has 0 aliphatic heterocycles. The van der Waals surface area contributed by atoms with Crippen molar-refractivity contribution in [3.8, 4) is 0 Å². The van der Waals surface area contributed by atoms with Crippen LogP contribution in [0.1, 0.15) is 63.7 Å². The summed E-state index contributed by atoms with van der Waals surface area (Å²) in [5.74, 6) is -5.32. The van der Waals surface area contributed by atoms with E-state index in [0.717, 1.165) is 24.3 Å². The molecule has 5 aromatic rings. The fourth-order valence-corrected chi connectivity index (χ4v) is 7.85. The summed E-state index contributed by atoms with van der Waals surface area (Å²) in [5.41, 5.74) is 6.08. The van der Waals surface area contributed by atoms with Crippen molar-refractivity contribution >= 4 is 114 Å². The van der Waals surface area contributed by atoms with Gasteiger partial charge in [0.15, 0.2) is 11.4 Å². The van der Waals surface area contributed by atoms with Crippen molar-refractivity contribution in [1.29, 1.82) is 0 Å². The van der Waals surface area contributed by atoms with Gasteiger partial charge in [-0.25, -0.2) is 9.59 Å². The first-order chi connectivity index (χ1) is 32.2. The minimum absolute atomic E-state index is 0.00169. The van der Waals surface area contributed by atoms with Gasteiger partial charge in [0.25, 0.3) is 32.1 Å². The largest absolute Gasteiger partial charge is 0.478 e. The molecule has 68 heavy (non-hydrogen) atoms. The van der Waals surface area contributed by atoms with Crippen LogP contribution in [-0.2, 0) is 29.8 Å². The lowest BCUT2D eigenvalue weighted by atomic mass is 9.94. The van der Waals surface area contributed by atoms with E-state index < -0.39 is 76.8 Å². The van der Waals surface area contributed by atoms with Crippen LogP contribution in [0.3, 0.4) is 0 Å². The number of nitrogens with one attached hydrogen (secondary N) is 4. The van der Waals surface area contributed by atoms with E-state index in [-0.39, 0.29) is 44.8 Å². The molecular weight excluding hydrogens is 925 g/mol. The molecule has 0 atom stereocenters. The summed E-state index contributed by atoms with van der Waals surface area (Å²) in [6.07, 6.45) is 6.60. The highest BCUT2D eigenvalue weighted by atomic mass is 32.2. The molecule has 0 radical (unpaired) electrons. The van der Waals surface area contributed by atoms with Gasteiger partial charge in [-0.05, 0) is 131 Å². The molecule has 0 bridgehead atoms. The Kier molecular flexibility index (Phi) is 13.3. The number of carbonyl (C=O) groups excluding carboxylic acids is 4. The number of fused-ring (bicyclic) bond motifs is 2. The fourth-order valence-electron chi connectivity index (χ4n) is 6.53. The quantitative estimate of drug-likeness (QED) is 0.0350. The number of allylic oxidation sites excluding steroid dienone is 2. The first-order valence-electron chi connectivity index (χ1n) is 19.4.